The van der Waals surface area contributed by atoms with Crippen LogP contribution in [0.5, 0.6) is 11.5 Å². The highest BCUT2D eigenvalue weighted by Gasteiger charge is 2.07. The number of methoxy groups -OCH3 is 1. The van der Waals surface area contributed by atoms with Crippen molar-refractivity contribution in [3.8, 4) is 11.5 Å². The van der Waals surface area contributed by atoms with Crippen molar-refractivity contribution < 1.29 is 14.4 Å². The van der Waals surface area contributed by atoms with E-state index in [-0.39, 0.29) is 5.70 Å². The van der Waals surface area contributed by atoms with E-state index in [1.165, 1.54) is 13.0 Å². The Morgan fingerprint density at radius 3 is 2.70 bits per heavy atom. The lowest BCUT2D eigenvalue weighted by molar-refractivity contribution is -0.422. The molecule has 1 aromatic rings. The van der Waals surface area contributed by atoms with Gasteiger partial charge in [0, 0.05) is 13.0 Å². The van der Waals surface area contributed by atoms with Crippen LogP contribution in [0.15, 0.2) is 23.9 Å². The van der Waals surface area contributed by atoms with E-state index in [9.17, 15) is 10.1 Å². The zero-order chi connectivity index (χ0) is 15.0. The number of allylic oxidation sites excluding steroid dienone is 1. The largest absolute Gasteiger partial charge is 0.493 e. The Morgan fingerprint density at radius 1 is 1.35 bits per heavy atom. The van der Waals surface area contributed by atoms with Gasteiger partial charge in [0.05, 0.1) is 18.6 Å². The van der Waals surface area contributed by atoms with Crippen LogP contribution in [0.2, 0.25) is 0 Å². The number of hydrogen-bond acceptors (Lipinski definition) is 4. The minimum atomic E-state index is -0.411. The molecule has 5 heteroatoms. The molecule has 0 saturated heterocycles. The third-order valence-electron chi connectivity index (χ3n) is 2.86. The van der Waals surface area contributed by atoms with E-state index < -0.39 is 4.92 Å². The summed E-state index contributed by atoms with van der Waals surface area (Å²) in [5, 5.41) is 10.6. The second kappa shape index (κ2) is 8.19. The Labute approximate surface area is 119 Å². The summed E-state index contributed by atoms with van der Waals surface area (Å²) >= 11 is 0. The highest BCUT2D eigenvalue weighted by atomic mass is 16.6. The summed E-state index contributed by atoms with van der Waals surface area (Å²) in [4.78, 5) is 10.2. The third kappa shape index (κ3) is 4.91. The fraction of sp³-hybridized carbons (Fsp3) is 0.467. The molecule has 0 unspecified atom stereocenters. The number of rotatable bonds is 8. The number of benzene rings is 1. The number of nitrogens with zero attached hydrogens (tertiary/aromatic N) is 1. The summed E-state index contributed by atoms with van der Waals surface area (Å²) in [6.07, 6.45) is 4.74. The van der Waals surface area contributed by atoms with E-state index in [1.807, 2.05) is 0 Å². The Hall–Kier alpha value is -2.04. The lowest BCUT2D eigenvalue weighted by Gasteiger charge is -2.11. The van der Waals surface area contributed by atoms with E-state index >= 15 is 0 Å². The minimum absolute atomic E-state index is 0.0899. The van der Waals surface area contributed by atoms with Gasteiger partial charge in [0.15, 0.2) is 11.5 Å². The van der Waals surface area contributed by atoms with Crippen LogP contribution in [-0.2, 0) is 0 Å². The molecule has 5 nitrogen and oxygen atoms in total. The molecule has 0 amide bonds. The zero-order valence-corrected chi connectivity index (χ0v) is 12.2. The number of ether oxygens (including phenoxy) is 2. The van der Waals surface area contributed by atoms with E-state index in [0.717, 1.165) is 24.8 Å². The lowest BCUT2D eigenvalue weighted by atomic mass is 10.1. The first kappa shape index (κ1) is 16.0. The Morgan fingerprint density at radius 2 is 2.10 bits per heavy atom. The maximum Gasteiger partial charge on any atom is 0.243 e. The molecule has 0 radical (unpaired) electrons. The molecule has 20 heavy (non-hydrogen) atoms. The average molecular weight is 279 g/mol. The molecule has 1 aromatic carbocycles. The van der Waals surface area contributed by atoms with Gasteiger partial charge in [0.2, 0.25) is 5.70 Å². The molecule has 110 valence electrons. The van der Waals surface area contributed by atoms with Gasteiger partial charge in [-0.15, -0.1) is 0 Å². The van der Waals surface area contributed by atoms with Crippen molar-refractivity contribution in [2.45, 2.75) is 33.1 Å². The maximum absolute atomic E-state index is 10.6. The summed E-state index contributed by atoms with van der Waals surface area (Å²) in [7, 11) is 1.58. The Balaban J connectivity index is 2.85. The monoisotopic (exact) mass is 279 g/mol. The van der Waals surface area contributed by atoms with Gasteiger partial charge in [0.1, 0.15) is 0 Å². The smallest absolute Gasteiger partial charge is 0.243 e. The SMILES string of the molecule is CCCCCOc1cc(/C=C(\C)[N+](=O)[O-])ccc1OC. The third-order valence-corrected chi connectivity index (χ3v) is 2.86. The normalized spacial score (nSPS) is 11.2. The van der Waals surface area contributed by atoms with Crippen molar-refractivity contribution in [2.24, 2.45) is 0 Å². The van der Waals surface area contributed by atoms with E-state index in [4.69, 9.17) is 9.47 Å². The fourth-order valence-electron chi connectivity index (χ4n) is 1.72. The summed E-state index contributed by atoms with van der Waals surface area (Å²) in [6.45, 7) is 4.21. The standard InChI is InChI=1S/C15H21NO4/c1-4-5-6-9-20-15-11-13(7-8-14(15)19-3)10-12(2)16(17)18/h7-8,10-11H,4-6,9H2,1-3H3/b12-10+. The zero-order valence-electron chi connectivity index (χ0n) is 12.2. The summed E-state index contributed by atoms with van der Waals surface area (Å²) in [6, 6.07) is 5.29. The second-order valence-corrected chi connectivity index (χ2v) is 4.51. The van der Waals surface area contributed by atoms with Gasteiger partial charge >= 0.3 is 0 Å². The summed E-state index contributed by atoms with van der Waals surface area (Å²) in [5.74, 6) is 1.26. The van der Waals surface area contributed by atoms with Crippen LogP contribution in [0.1, 0.15) is 38.7 Å². The van der Waals surface area contributed by atoms with Crippen LogP contribution < -0.4 is 9.47 Å². The summed E-state index contributed by atoms with van der Waals surface area (Å²) < 4.78 is 10.9. The second-order valence-electron chi connectivity index (χ2n) is 4.51. The van der Waals surface area contributed by atoms with E-state index in [0.29, 0.717) is 18.1 Å². The molecule has 0 fully saturated rings. The van der Waals surface area contributed by atoms with Crippen LogP contribution in [0.4, 0.5) is 0 Å². The van der Waals surface area contributed by atoms with Crippen molar-refractivity contribution in [2.75, 3.05) is 13.7 Å². The predicted octanol–water partition coefficient (Wildman–Crippen LogP) is 3.90. The van der Waals surface area contributed by atoms with Gasteiger partial charge in [0.25, 0.3) is 0 Å². The van der Waals surface area contributed by atoms with Crippen molar-refractivity contribution in [3.63, 3.8) is 0 Å². The molecule has 0 bridgehead atoms. The van der Waals surface area contributed by atoms with Crippen molar-refractivity contribution >= 4 is 6.08 Å². The average Bonchev–Trinajstić information content (AvgIpc) is 2.43. The highest BCUT2D eigenvalue weighted by Crippen LogP contribution is 2.29. The summed E-state index contributed by atoms with van der Waals surface area (Å²) in [5.41, 5.74) is 0.817. The maximum atomic E-state index is 10.6. The molecule has 0 aliphatic heterocycles. The first-order valence-electron chi connectivity index (χ1n) is 6.72. The van der Waals surface area contributed by atoms with E-state index in [1.54, 1.807) is 25.3 Å². The van der Waals surface area contributed by atoms with Crippen molar-refractivity contribution in [3.05, 3.63) is 39.6 Å². The molecule has 0 spiro atoms. The Kier molecular flexibility index (Phi) is 6.56. The molecule has 0 aliphatic rings. The van der Waals surface area contributed by atoms with Crippen LogP contribution in [0.3, 0.4) is 0 Å². The quantitative estimate of drug-likeness (QED) is 0.411. The predicted molar refractivity (Wildman–Crippen MR) is 78.7 cm³/mol. The van der Waals surface area contributed by atoms with Gasteiger partial charge in [-0.3, -0.25) is 10.1 Å². The lowest BCUT2D eigenvalue weighted by Crippen LogP contribution is -2.00. The first-order valence-corrected chi connectivity index (χ1v) is 6.72. The number of nitro groups is 1. The number of hydrogen-bond donors (Lipinski definition) is 0. The molecule has 0 N–H and O–H groups in total. The van der Waals surface area contributed by atoms with Gasteiger partial charge < -0.3 is 9.47 Å². The first-order chi connectivity index (χ1) is 9.58. The van der Waals surface area contributed by atoms with Gasteiger partial charge in [-0.25, -0.2) is 0 Å². The van der Waals surface area contributed by atoms with Gasteiger partial charge in [-0.1, -0.05) is 25.8 Å². The molecule has 0 aromatic heterocycles. The molecule has 0 atom stereocenters. The molecule has 0 heterocycles. The molecule has 0 saturated carbocycles. The van der Waals surface area contributed by atoms with Gasteiger partial charge in [-0.2, -0.15) is 0 Å². The van der Waals surface area contributed by atoms with Crippen LogP contribution in [-0.4, -0.2) is 18.6 Å². The highest BCUT2D eigenvalue weighted by molar-refractivity contribution is 5.56. The molecule has 1 rings (SSSR count). The molecular formula is C15H21NO4. The topological polar surface area (TPSA) is 61.6 Å². The molecular weight excluding hydrogens is 258 g/mol. The number of unbranched alkanes of at least 4 members (excludes halogenated alkanes) is 2. The van der Waals surface area contributed by atoms with Crippen LogP contribution >= 0.6 is 0 Å². The van der Waals surface area contributed by atoms with Crippen molar-refractivity contribution in [1.82, 2.24) is 0 Å². The van der Waals surface area contributed by atoms with Crippen LogP contribution in [0.25, 0.3) is 6.08 Å². The minimum Gasteiger partial charge on any atom is -0.493 e. The Bertz CT molecular complexity index is 483. The fourth-order valence-corrected chi connectivity index (χ4v) is 1.72. The van der Waals surface area contributed by atoms with Gasteiger partial charge in [-0.05, 0) is 24.1 Å². The van der Waals surface area contributed by atoms with E-state index in [2.05, 4.69) is 6.92 Å². The van der Waals surface area contributed by atoms with Crippen molar-refractivity contribution in [1.29, 1.82) is 0 Å². The van der Waals surface area contributed by atoms with Crippen LogP contribution in [0, 0.1) is 10.1 Å². The molecule has 0 aliphatic carbocycles.